The van der Waals surface area contributed by atoms with Crippen LogP contribution in [0, 0.1) is 11.3 Å². The quantitative estimate of drug-likeness (QED) is 0.323. The highest BCUT2D eigenvalue weighted by atomic mass is 35.5. The molecule has 0 spiro atoms. The fourth-order valence-electron chi connectivity index (χ4n) is 3.38. The Morgan fingerprint density at radius 1 is 1.08 bits per heavy atom. The van der Waals surface area contributed by atoms with Gasteiger partial charge in [-0.15, -0.1) is 0 Å². The van der Waals surface area contributed by atoms with Crippen LogP contribution < -0.4 is 15.0 Å². The summed E-state index contributed by atoms with van der Waals surface area (Å²) in [6.45, 7) is 0.429. The Kier molecular flexibility index (Phi) is 7.03. The van der Waals surface area contributed by atoms with Gasteiger partial charge in [-0.25, -0.2) is 0 Å². The average Bonchev–Trinajstić information content (AvgIpc) is 3.25. The molecule has 7 nitrogen and oxygen atoms in total. The third-order valence-electron chi connectivity index (χ3n) is 5.12. The number of aryl methyl sites for hydroxylation is 1. The molecule has 0 aliphatic carbocycles. The van der Waals surface area contributed by atoms with Gasteiger partial charge in [0.05, 0.1) is 28.9 Å². The van der Waals surface area contributed by atoms with Crippen molar-refractivity contribution >= 4 is 11.6 Å². The molecular weight excluding hydrogens is 497 g/mol. The van der Waals surface area contributed by atoms with Crippen LogP contribution in [0.1, 0.15) is 22.3 Å². The molecule has 0 saturated heterocycles. The molecule has 0 fully saturated rings. The molecule has 0 saturated carbocycles. The molecule has 2 aromatic carbocycles. The van der Waals surface area contributed by atoms with Crippen molar-refractivity contribution in [3.63, 3.8) is 0 Å². The normalized spacial score (nSPS) is 11.2. The van der Waals surface area contributed by atoms with Crippen LogP contribution in [-0.4, -0.2) is 14.3 Å². The Morgan fingerprint density at radius 2 is 1.89 bits per heavy atom. The molecule has 0 bridgehead atoms. The van der Waals surface area contributed by atoms with E-state index in [0.29, 0.717) is 17.9 Å². The number of rotatable bonds is 7. The summed E-state index contributed by atoms with van der Waals surface area (Å²) in [5.41, 5.74) is 0.302. The number of ether oxygens (including phenoxy) is 2. The van der Waals surface area contributed by atoms with Crippen molar-refractivity contribution in [3.8, 4) is 23.3 Å². The lowest BCUT2D eigenvalue weighted by molar-refractivity contribution is -0.137. The van der Waals surface area contributed by atoms with Gasteiger partial charge < -0.3 is 14.0 Å². The van der Waals surface area contributed by atoms with E-state index in [1.807, 2.05) is 12.3 Å². The Morgan fingerprint density at radius 3 is 2.56 bits per heavy atom. The molecule has 0 atom stereocenters. The van der Waals surface area contributed by atoms with Gasteiger partial charge in [0.2, 0.25) is 0 Å². The number of hydrogen-bond donors (Lipinski definition) is 0. The van der Waals surface area contributed by atoms with Gasteiger partial charge in [0.1, 0.15) is 29.9 Å². The van der Waals surface area contributed by atoms with Crippen molar-refractivity contribution < 1.29 is 22.6 Å². The fraction of sp³-hybridized carbons (Fsp3) is 0.160. The van der Waals surface area contributed by atoms with Crippen molar-refractivity contribution in [1.82, 2.24) is 14.3 Å². The molecule has 11 heteroatoms. The highest BCUT2D eigenvalue weighted by Gasteiger charge is 2.33. The fourth-order valence-corrected chi connectivity index (χ4v) is 3.61. The van der Waals surface area contributed by atoms with E-state index in [-0.39, 0.29) is 29.2 Å². The number of nitrogens with zero attached hydrogens (tertiary/aromatic N) is 4. The van der Waals surface area contributed by atoms with E-state index in [2.05, 4.69) is 5.10 Å². The Bertz CT molecular complexity index is 1510. The first-order valence-electron chi connectivity index (χ1n) is 10.5. The maximum Gasteiger partial charge on any atom is 0.417 e. The highest BCUT2D eigenvalue weighted by molar-refractivity contribution is 6.31. The summed E-state index contributed by atoms with van der Waals surface area (Å²) in [4.78, 5) is 12.4. The average molecular weight is 515 g/mol. The zero-order valence-corrected chi connectivity index (χ0v) is 19.5. The molecule has 4 rings (SSSR count). The van der Waals surface area contributed by atoms with Crippen LogP contribution in [0.25, 0.3) is 0 Å². The van der Waals surface area contributed by atoms with E-state index >= 15 is 0 Å². The van der Waals surface area contributed by atoms with E-state index in [4.69, 9.17) is 21.1 Å². The van der Waals surface area contributed by atoms with Crippen LogP contribution in [0.3, 0.4) is 0 Å². The second kappa shape index (κ2) is 10.2. The lowest BCUT2D eigenvalue weighted by atomic mass is 10.1. The number of alkyl halides is 3. The molecule has 36 heavy (non-hydrogen) atoms. The van der Waals surface area contributed by atoms with Crippen molar-refractivity contribution in [2.45, 2.75) is 19.3 Å². The van der Waals surface area contributed by atoms with E-state index < -0.39 is 16.8 Å². The number of halogens is 4. The SMILES string of the molecule is Cn1cc(Cn2ccc(OCc3ccc(Oc4ccc(Cl)c(C(F)(F)F)c4)c(C#N)c3)cc2=O)cn1. The molecule has 0 aliphatic heterocycles. The zero-order valence-electron chi connectivity index (χ0n) is 18.8. The van der Waals surface area contributed by atoms with E-state index in [0.717, 1.165) is 17.7 Å². The first kappa shape index (κ1) is 24.9. The number of hydrogen-bond acceptors (Lipinski definition) is 5. The summed E-state index contributed by atoms with van der Waals surface area (Å²) in [5.74, 6) is 0.316. The lowest BCUT2D eigenvalue weighted by Gasteiger charge is -2.13. The third-order valence-corrected chi connectivity index (χ3v) is 5.45. The van der Waals surface area contributed by atoms with Gasteiger partial charge in [-0.1, -0.05) is 17.7 Å². The van der Waals surface area contributed by atoms with Crippen LogP contribution in [0.5, 0.6) is 17.2 Å². The van der Waals surface area contributed by atoms with E-state index in [1.165, 1.54) is 28.8 Å². The van der Waals surface area contributed by atoms with Crippen LogP contribution >= 0.6 is 11.6 Å². The number of benzene rings is 2. The van der Waals surface area contributed by atoms with Crippen molar-refractivity contribution in [3.05, 3.63) is 105 Å². The maximum atomic E-state index is 13.1. The first-order chi connectivity index (χ1) is 17.1. The van der Waals surface area contributed by atoms with Gasteiger partial charge in [0, 0.05) is 31.1 Å². The van der Waals surface area contributed by atoms with Gasteiger partial charge in [0.15, 0.2) is 0 Å². The molecule has 2 aromatic heterocycles. The molecular formula is C25H18ClF3N4O3. The minimum absolute atomic E-state index is 0.0557. The predicted molar refractivity (Wildman–Crippen MR) is 125 cm³/mol. The van der Waals surface area contributed by atoms with Crippen LogP contribution in [0.2, 0.25) is 5.02 Å². The van der Waals surface area contributed by atoms with Crippen LogP contribution in [-0.2, 0) is 26.4 Å². The summed E-state index contributed by atoms with van der Waals surface area (Å²) in [7, 11) is 1.79. The Balaban J connectivity index is 1.44. The Labute approximate surface area is 208 Å². The highest BCUT2D eigenvalue weighted by Crippen LogP contribution is 2.38. The van der Waals surface area contributed by atoms with Gasteiger partial charge in [0.25, 0.3) is 5.56 Å². The molecule has 0 aliphatic rings. The number of aromatic nitrogens is 3. The number of nitriles is 1. The van der Waals surface area contributed by atoms with Gasteiger partial charge in [-0.3, -0.25) is 9.48 Å². The maximum absolute atomic E-state index is 13.1. The summed E-state index contributed by atoms with van der Waals surface area (Å²) in [6, 6.07) is 12.7. The predicted octanol–water partition coefficient (Wildman–Crippen LogP) is 5.55. The lowest BCUT2D eigenvalue weighted by Crippen LogP contribution is -2.19. The molecule has 4 aromatic rings. The van der Waals surface area contributed by atoms with Crippen molar-refractivity contribution in [1.29, 1.82) is 5.26 Å². The van der Waals surface area contributed by atoms with E-state index in [1.54, 1.807) is 36.3 Å². The standard InChI is InChI=1S/C25H18ClF3N4O3/c1-32-13-17(12-31-32)14-33-7-6-19(10-24(33)34)35-15-16-2-5-23(18(8-16)11-30)36-20-3-4-22(26)21(9-20)25(27,28)29/h2-10,12-13H,14-15H2,1H3. The Hall–Kier alpha value is -4.23. The summed E-state index contributed by atoms with van der Waals surface area (Å²) in [6.07, 6.45) is 0.469. The van der Waals surface area contributed by atoms with Gasteiger partial charge in [-0.05, 0) is 42.0 Å². The molecule has 0 unspecified atom stereocenters. The van der Waals surface area contributed by atoms with Gasteiger partial charge in [-0.2, -0.15) is 23.5 Å². The monoisotopic (exact) mass is 514 g/mol. The molecule has 0 N–H and O–H groups in total. The molecule has 2 heterocycles. The second-order valence-electron chi connectivity index (χ2n) is 7.82. The summed E-state index contributed by atoms with van der Waals surface area (Å²) < 4.78 is 53.7. The van der Waals surface area contributed by atoms with Crippen molar-refractivity contribution in [2.24, 2.45) is 7.05 Å². The number of pyridine rings is 1. The molecule has 0 radical (unpaired) electrons. The van der Waals surface area contributed by atoms with Crippen molar-refractivity contribution in [2.75, 3.05) is 0 Å². The van der Waals surface area contributed by atoms with E-state index in [9.17, 15) is 23.2 Å². The minimum Gasteiger partial charge on any atom is -0.489 e. The zero-order chi connectivity index (χ0) is 25.9. The molecule has 0 amide bonds. The smallest absolute Gasteiger partial charge is 0.417 e. The van der Waals surface area contributed by atoms with Crippen LogP contribution in [0.15, 0.2) is 71.9 Å². The first-order valence-corrected chi connectivity index (χ1v) is 10.9. The third kappa shape index (κ3) is 5.87. The topological polar surface area (TPSA) is 82.1 Å². The van der Waals surface area contributed by atoms with Gasteiger partial charge >= 0.3 is 6.18 Å². The van der Waals surface area contributed by atoms with Crippen LogP contribution in [0.4, 0.5) is 13.2 Å². The largest absolute Gasteiger partial charge is 0.489 e. The summed E-state index contributed by atoms with van der Waals surface area (Å²) in [5, 5.41) is 13.1. The molecule has 184 valence electrons. The minimum atomic E-state index is -4.64. The second-order valence-corrected chi connectivity index (χ2v) is 8.23. The summed E-state index contributed by atoms with van der Waals surface area (Å²) >= 11 is 5.64.